The minimum absolute atomic E-state index is 0.129. The van der Waals surface area contributed by atoms with Crippen LogP contribution in [-0.4, -0.2) is 24.9 Å². The van der Waals surface area contributed by atoms with Gasteiger partial charge in [0.15, 0.2) is 0 Å². The Hall–Kier alpha value is -2.86. The lowest BCUT2D eigenvalue weighted by Gasteiger charge is -2.21. The standard InChI is InChI=1S/C18H16ClN3O3/c1-25-14-4-2-3-12(9-14)17(24)22-18-20-15(10-16(23)21-18)11-5-7-13(19)8-6-11/h2-9,15H,10H2,1H3,(H2,20,21,22,23,24). The van der Waals surface area contributed by atoms with Crippen LogP contribution in [0.2, 0.25) is 5.02 Å². The Kier molecular flexibility index (Phi) is 5.00. The van der Waals surface area contributed by atoms with Gasteiger partial charge in [-0.25, -0.2) is 4.99 Å². The van der Waals surface area contributed by atoms with Gasteiger partial charge in [0.1, 0.15) is 5.75 Å². The summed E-state index contributed by atoms with van der Waals surface area (Å²) in [6.45, 7) is 0. The summed E-state index contributed by atoms with van der Waals surface area (Å²) in [5.74, 6) is 0.107. The highest BCUT2D eigenvalue weighted by Gasteiger charge is 2.23. The number of hydrogen-bond donors (Lipinski definition) is 2. The molecule has 2 aromatic rings. The number of ether oxygens (including phenoxy) is 1. The van der Waals surface area contributed by atoms with E-state index in [1.54, 1.807) is 36.4 Å². The monoisotopic (exact) mass is 357 g/mol. The Morgan fingerprint density at radius 1 is 1.28 bits per heavy atom. The van der Waals surface area contributed by atoms with Gasteiger partial charge in [-0.1, -0.05) is 29.8 Å². The summed E-state index contributed by atoms with van der Waals surface area (Å²) in [5.41, 5.74) is 1.26. The lowest BCUT2D eigenvalue weighted by molar-refractivity contribution is -0.120. The fourth-order valence-electron chi connectivity index (χ4n) is 2.48. The third-order valence-corrected chi connectivity index (χ3v) is 3.99. The minimum atomic E-state index is -0.380. The Morgan fingerprint density at radius 2 is 2.04 bits per heavy atom. The van der Waals surface area contributed by atoms with E-state index in [0.717, 1.165) is 5.56 Å². The van der Waals surface area contributed by atoms with Gasteiger partial charge in [-0.2, -0.15) is 0 Å². The summed E-state index contributed by atoms with van der Waals surface area (Å²) < 4.78 is 5.11. The predicted octanol–water partition coefficient (Wildman–Crippen LogP) is 2.70. The molecule has 2 amide bonds. The second-order valence-electron chi connectivity index (χ2n) is 5.48. The Morgan fingerprint density at radius 3 is 2.76 bits per heavy atom. The van der Waals surface area contributed by atoms with Gasteiger partial charge in [-0.05, 0) is 35.9 Å². The summed E-state index contributed by atoms with van der Waals surface area (Å²) in [5, 5.41) is 5.81. The van der Waals surface area contributed by atoms with Crippen LogP contribution in [0.3, 0.4) is 0 Å². The highest BCUT2D eigenvalue weighted by molar-refractivity contribution is 6.30. The second kappa shape index (κ2) is 7.36. The third-order valence-electron chi connectivity index (χ3n) is 3.74. The molecule has 2 aromatic carbocycles. The maximum Gasteiger partial charge on any atom is 0.258 e. The molecule has 0 bridgehead atoms. The first-order valence-corrected chi connectivity index (χ1v) is 8.01. The van der Waals surface area contributed by atoms with E-state index in [1.165, 1.54) is 7.11 Å². The van der Waals surface area contributed by atoms with Crippen LogP contribution in [0.25, 0.3) is 0 Å². The Bertz CT molecular complexity index is 834. The van der Waals surface area contributed by atoms with Crippen LogP contribution in [0.1, 0.15) is 28.4 Å². The van der Waals surface area contributed by atoms with Crippen molar-refractivity contribution in [3.63, 3.8) is 0 Å². The molecule has 1 atom stereocenters. The van der Waals surface area contributed by atoms with E-state index in [-0.39, 0.29) is 30.2 Å². The van der Waals surface area contributed by atoms with Gasteiger partial charge in [0.2, 0.25) is 11.9 Å². The molecule has 1 aliphatic rings. The number of aliphatic imine (C=N–C) groups is 1. The van der Waals surface area contributed by atoms with Crippen LogP contribution < -0.4 is 15.4 Å². The van der Waals surface area contributed by atoms with Gasteiger partial charge in [-0.3, -0.25) is 20.2 Å². The van der Waals surface area contributed by atoms with Gasteiger partial charge in [-0.15, -0.1) is 0 Å². The van der Waals surface area contributed by atoms with Crippen LogP contribution in [0.5, 0.6) is 5.75 Å². The molecule has 0 radical (unpaired) electrons. The van der Waals surface area contributed by atoms with Gasteiger partial charge in [0.25, 0.3) is 5.91 Å². The molecule has 3 rings (SSSR count). The third kappa shape index (κ3) is 4.16. The number of nitrogens with zero attached hydrogens (tertiary/aromatic N) is 1. The number of guanidine groups is 1. The first-order chi connectivity index (χ1) is 12.0. The van der Waals surface area contributed by atoms with Crippen molar-refractivity contribution in [3.05, 3.63) is 64.7 Å². The molecular weight excluding hydrogens is 342 g/mol. The number of carbonyl (C=O) groups is 2. The van der Waals surface area contributed by atoms with Crippen LogP contribution in [-0.2, 0) is 4.79 Å². The molecule has 0 fully saturated rings. The van der Waals surface area contributed by atoms with Gasteiger partial charge >= 0.3 is 0 Å². The average molecular weight is 358 g/mol. The fourth-order valence-corrected chi connectivity index (χ4v) is 2.60. The fraction of sp³-hybridized carbons (Fsp3) is 0.167. The number of carbonyl (C=O) groups excluding carboxylic acids is 2. The molecule has 0 aliphatic carbocycles. The highest BCUT2D eigenvalue weighted by Crippen LogP contribution is 2.24. The van der Waals surface area contributed by atoms with Gasteiger partial charge < -0.3 is 4.74 Å². The van der Waals surface area contributed by atoms with Crippen molar-refractivity contribution in [2.75, 3.05) is 7.11 Å². The van der Waals surface area contributed by atoms with Crippen LogP contribution in [0.15, 0.2) is 53.5 Å². The number of halogens is 1. The molecule has 1 unspecified atom stereocenters. The summed E-state index contributed by atoms with van der Waals surface area (Å²) in [6, 6.07) is 13.5. The molecule has 0 saturated heterocycles. The van der Waals surface area contributed by atoms with Crippen LogP contribution in [0.4, 0.5) is 0 Å². The number of methoxy groups -OCH3 is 1. The smallest absolute Gasteiger partial charge is 0.258 e. The number of nitrogens with one attached hydrogen (secondary N) is 2. The van der Waals surface area contributed by atoms with Crippen molar-refractivity contribution in [1.29, 1.82) is 0 Å². The van der Waals surface area contributed by atoms with E-state index in [0.29, 0.717) is 16.3 Å². The molecule has 128 valence electrons. The second-order valence-corrected chi connectivity index (χ2v) is 5.92. The van der Waals surface area contributed by atoms with Crippen molar-refractivity contribution in [2.45, 2.75) is 12.5 Å². The maximum atomic E-state index is 12.4. The molecule has 1 heterocycles. The molecule has 0 spiro atoms. The zero-order valence-electron chi connectivity index (χ0n) is 13.5. The quantitative estimate of drug-likeness (QED) is 0.886. The lowest BCUT2D eigenvalue weighted by Crippen LogP contribution is -2.47. The lowest BCUT2D eigenvalue weighted by atomic mass is 10.0. The van der Waals surface area contributed by atoms with E-state index in [4.69, 9.17) is 16.3 Å². The van der Waals surface area contributed by atoms with E-state index < -0.39 is 0 Å². The molecular formula is C18H16ClN3O3. The number of amides is 2. The van der Waals surface area contributed by atoms with Crippen LogP contribution >= 0.6 is 11.6 Å². The predicted molar refractivity (Wildman–Crippen MR) is 94.8 cm³/mol. The Labute approximate surface area is 149 Å². The number of rotatable bonds is 3. The number of benzene rings is 2. The normalized spacial score (nSPS) is 16.6. The molecule has 7 heteroatoms. The van der Waals surface area contributed by atoms with E-state index in [9.17, 15) is 9.59 Å². The topological polar surface area (TPSA) is 79.8 Å². The number of hydrogen-bond acceptors (Lipinski definition) is 4. The average Bonchev–Trinajstić information content (AvgIpc) is 2.62. The van der Waals surface area contributed by atoms with Crippen molar-refractivity contribution >= 4 is 29.4 Å². The van der Waals surface area contributed by atoms with Crippen molar-refractivity contribution in [3.8, 4) is 5.75 Å². The molecule has 0 saturated carbocycles. The Balaban J connectivity index is 1.79. The largest absolute Gasteiger partial charge is 0.497 e. The zero-order chi connectivity index (χ0) is 17.8. The molecule has 1 aliphatic heterocycles. The van der Waals surface area contributed by atoms with E-state index >= 15 is 0 Å². The van der Waals surface area contributed by atoms with Gasteiger partial charge in [0, 0.05) is 10.6 Å². The van der Waals surface area contributed by atoms with E-state index in [1.807, 2.05) is 12.1 Å². The maximum absolute atomic E-state index is 12.4. The SMILES string of the molecule is COc1cccc(C(=O)NC2=NC(c3ccc(Cl)cc3)CC(=O)N2)c1. The first-order valence-electron chi connectivity index (χ1n) is 7.63. The van der Waals surface area contributed by atoms with Gasteiger partial charge in [0.05, 0.1) is 19.6 Å². The van der Waals surface area contributed by atoms with Crippen molar-refractivity contribution < 1.29 is 14.3 Å². The molecule has 6 nitrogen and oxygen atoms in total. The molecule has 25 heavy (non-hydrogen) atoms. The summed E-state index contributed by atoms with van der Waals surface area (Å²) in [7, 11) is 1.53. The highest BCUT2D eigenvalue weighted by atomic mass is 35.5. The summed E-state index contributed by atoms with van der Waals surface area (Å²) in [6.07, 6.45) is 0.208. The van der Waals surface area contributed by atoms with Crippen LogP contribution in [0, 0.1) is 0 Å². The first kappa shape index (κ1) is 17.0. The molecule has 0 aromatic heterocycles. The zero-order valence-corrected chi connectivity index (χ0v) is 14.2. The molecule has 2 N–H and O–H groups in total. The van der Waals surface area contributed by atoms with Crippen molar-refractivity contribution in [1.82, 2.24) is 10.6 Å². The summed E-state index contributed by atoms with van der Waals surface area (Å²) in [4.78, 5) is 28.7. The minimum Gasteiger partial charge on any atom is -0.497 e. The summed E-state index contributed by atoms with van der Waals surface area (Å²) >= 11 is 5.89. The van der Waals surface area contributed by atoms with E-state index in [2.05, 4.69) is 15.6 Å². The van der Waals surface area contributed by atoms with Crippen molar-refractivity contribution in [2.24, 2.45) is 4.99 Å².